The maximum atomic E-state index is 10.5. The van der Waals surface area contributed by atoms with Crippen molar-refractivity contribution < 1.29 is 19.4 Å². The largest absolute Gasteiger partial charge is 0.507 e. The standard InChI is InChI=1S/C9H8O4/c1-13-9-3-6(4-10)8(12)2-7(9)5-11/h2-5,12H,1H3. The minimum atomic E-state index is -0.224. The Bertz CT molecular complexity index is 344. The summed E-state index contributed by atoms with van der Waals surface area (Å²) in [4.78, 5) is 20.8. The van der Waals surface area contributed by atoms with Gasteiger partial charge in [0, 0.05) is 0 Å². The first-order chi connectivity index (χ1) is 6.22. The number of benzene rings is 1. The zero-order valence-corrected chi connectivity index (χ0v) is 6.98. The van der Waals surface area contributed by atoms with Gasteiger partial charge in [0.15, 0.2) is 12.6 Å². The molecule has 68 valence electrons. The number of hydrogen-bond donors (Lipinski definition) is 1. The monoisotopic (exact) mass is 180 g/mol. The van der Waals surface area contributed by atoms with E-state index in [1.54, 1.807) is 0 Å². The Morgan fingerprint density at radius 1 is 1.23 bits per heavy atom. The molecule has 13 heavy (non-hydrogen) atoms. The molecule has 0 radical (unpaired) electrons. The molecule has 0 unspecified atom stereocenters. The lowest BCUT2D eigenvalue weighted by molar-refractivity contribution is 0.110. The van der Waals surface area contributed by atoms with Gasteiger partial charge in [0.1, 0.15) is 11.5 Å². The van der Waals surface area contributed by atoms with Gasteiger partial charge in [-0.15, -0.1) is 0 Å². The number of ether oxygens (including phenoxy) is 1. The highest BCUT2D eigenvalue weighted by Gasteiger charge is 2.07. The SMILES string of the molecule is COc1cc(C=O)c(O)cc1C=O. The highest BCUT2D eigenvalue weighted by atomic mass is 16.5. The molecule has 0 fully saturated rings. The maximum absolute atomic E-state index is 10.5. The Morgan fingerprint density at radius 3 is 2.31 bits per heavy atom. The van der Waals surface area contributed by atoms with Gasteiger partial charge >= 0.3 is 0 Å². The van der Waals surface area contributed by atoms with Crippen LogP contribution < -0.4 is 4.74 Å². The summed E-state index contributed by atoms with van der Waals surface area (Å²) in [6.45, 7) is 0. The van der Waals surface area contributed by atoms with Crippen molar-refractivity contribution in [2.45, 2.75) is 0 Å². The zero-order chi connectivity index (χ0) is 9.84. The second-order valence-corrected chi connectivity index (χ2v) is 2.39. The van der Waals surface area contributed by atoms with E-state index in [1.165, 1.54) is 19.2 Å². The third kappa shape index (κ3) is 1.66. The van der Waals surface area contributed by atoms with E-state index in [2.05, 4.69) is 0 Å². The van der Waals surface area contributed by atoms with E-state index in [-0.39, 0.29) is 22.6 Å². The number of phenols is 1. The van der Waals surface area contributed by atoms with Gasteiger partial charge in [-0.2, -0.15) is 0 Å². The topological polar surface area (TPSA) is 63.6 Å². The molecule has 4 heteroatoms. The molecular formula is C9H8O4. The van der Waals surface area contributed by atoms with Crippen LogP contribution in [0.4, 0.5) is 0 Å². The molecule has 0 atom stereocenters. The van der Waals surface area contributed by atoms with Gasteiger partial charge in [-0.05, 0) is 12.1 Å². The van der Waals surface area contributed by atoms with E-state index >= 15 is 0 Å². The van der Waals surface area contributed by atoms with Gasteiger partial charge in [0.05, 0.1) is 18.2 Å². The number of carbonyl (C=O) groups is 2. The van der Waals surface area contributed by atoms with Crippen LogP contribution in [0.3, 0.4) is 0 Å². The fourth-order valence-corrected chi connectivity index (χ4v) is 0.964. The predicted molar refractivity (Wildman–Crippen MR) is 45.4 cm³/mol. The number of aldehydes is 2. The predicted octanol–water partition coefficient (Wildman–Crippen LogP) is 1.03. The summed E-state index contributed by atoms with van der Waals surface area (Å²) in [5.41, 5.74) is 0.313. The average molecular weight is 180 g/mol. The fraction of sp³-hybridized carbons (Fsp3) is 0.111. The first kappa shape index (κ1) is 9.25. The van der Waals surface area contributed by atoms with Gasteiger partial charge in [-0.25, -0.2) is 0 Å². The van der Waals surface area contributed by atoms with Crippen molar-refractivity contribution in [1.29, 1.82) is 0 Å². The molecule has 0 heterocycles. The number of carbonyl (C=O) groups excluding carboxylic acids is 2. The van der Waals surface area contributed by atoms with Crippen molar-refractivity contribution in [2.75, 3.05) is 7.11 Å². The minimum Gasteiger partial charge on any atom is -0.507 e. The number of phenolic OH excluding ortho intramolecular Hbond substituents is 1. The van der Waals surface area contributed by atoms with Crippen molar-refractivity contribution in [2.24, 2.45) is 0 Å². The molecule has 0 aliphatic rings. The second kappa shape index (κ2) is 3.71. The van der Waals surface area contributed by atoms with Crippen LogP contribution in [0.15, 0.2) is 12.1 Å². The number of methoxy groups -OCH3 is 1. The molecular weight excluding hydrogens is 172 g/mol. The van der Waals surface area contributed by atoms with Crippen LogP contribution in [0.5, 0.6) is 11.5 Å². The number of rotatable bonds is 3. The van der Waals surface area contributed by atoms with E-state index in [9.17, 15) is 14.7 Å². The molecule has 1 aromatic carbocycles. The maximum Gasteiger partial charge on any atom is 0.153 e. The van der Waals surface area contributed by atoms with Crippen molar-refractivity contribution >= 4 is 12.6 Å². The number of aromatic hydroxyl groups is 1. The lowest BCUT2D eigenvalue weighted by Crippen LogP contribution is -1.93. The Hall–Kier alpha value is -1.84. The first-order valence-electron chi connectivity index (χ1n) is 3.54. The molecule has 1 aromatic rings. The molecule has 1 N–H and O–H groups in total. The van der Waals surface area contributed by atoms with Crippen LogP contribution in [0.1, 0.15) is 20.7 Å². The van der Waals surface area contributed by atoms with Crippen LogP contribution in [0, 0.1) is 0 Å². The zero-order valence-electron chi connectivity index (χ0n) is 6.98. The lowest BCUT2D eigenvalue weighted by atomic mass is 10.1. The van der Waals surface area contributed by atoms with Gasteiger partial charge in [-0.1, -0.05) is 0 Å². The molecule has 0 aromatic heterocycles. The summed E-state index contributed by atoms with van der Waals surface area (Å²) in [6.07, 6.45) is 1.04. The second-order valence-electron chi connectivity index (χ2n) is 2.39. The molecule has 0 aliphatic heterocycles. The quantitative estimate of drug-likeness (QED) is 0.705. The van der Waals surface area contributed by atoms with Gasteiger partial charge in [0.25, 0.3) is 0 Å². The molecule has 0 aliphatic carbocycles. The molecule has 0 saturated heterocycles. The Morgan fingerprint density at radius 2 is 1.85 bits per heavy atom. The summed E-state index contributed by atoms with van der Waals surface area (Å²) in [5, 5.41) is 9.20. The number of hydrogen-bond acceptors (Lipinski definition) is 4. The van der Waals surface area contributed by atoms with E-state index < -0.39 is 0 Å². The highest BCUT2D eigenvalue weighted by molar-refractivity contribution is 5.86. The van der Waals surface area contributed by atoms with Crippen LogP contribution in [-0.2, 0) is 0 Å². The Kier molecular flexibility index (Phi) is 2.64. The van der Waals surface area contributed by atoms with Crippen molar-refractivity contribution in [3.05, 3.63) is 23.3 Å². The van der Waals surface area contributed by atoms with Gasteiger partial charge in [0.2, 0.25) is 0 Å². The fourth-order valence-electron chi connectivity index (χ4n) is 0.964. The van der Waals surface area contributed by atoms with Crippen LogP contribution in [0.25, 0.3) is 0 Å². The third-order valence-corrected chi connectivity index (χ3v) is 1.63. The molecule has 4 nitrogen and oxygen atoms in total. The van der Waals surface area contributed by atoms with E-state index in [4.69, 9.17) is 4.74 Å². The molecule has 0 amide bonds. The smallest absolute Gasteiger partial charge is 0.153 e. The third-order valence-electron chi connectivity index (χ3n) is 1.63. The summed E-state index contributed by atoms with van der Waals surface area (Å²) in [7, 11) is 1.38. The van der Waals surface area contributed by atoms with Crippen LogP contribution in [0.2, 0.25) is 0 Å². The first-order valence-corrected chi connectivity index (χ1v) is 3.54. The summed E-state index contributed by atoms with van der Waals surface area (Å²) in [5.74, 6) is 0.0489. The Balaban J connectivity index is 3.34. The molecule has 0 bridgehead atoms. The van der Waals surface area contributed by atoms with Crippen LogP contribution in [-0.4, -0.2) is 24.8 Å². The molecule has 1 rings (SSSR count). The molecule has 0 spiro atoms. The summed E-state index contributed by atoms with van der Waals surface area (Å²) >= 11 is 0. The van der Waals surface area contributed by atoms with Crippen molar-refractivity contribution in [3.63, 3.8) is 0 Å². The summed E-state index contributed by atoms with van der Waals surface area (Å²) < 4.78 is 4.83. The van der Waals surface area contributed by atoms with E-state index in [1.807, 2.05) is 0 Å². The van der Waals surface area contributed by atoms with Crippen molar-refractivity contribution in [3.8, 4) is 11.5 Å². The van der Waals surface area contributed by atoms with E-state index in [0.717, 1.165) is 0 Å². The normalized spacial score (nSPS) is 9.31. The van der Waals surface area contributed by atoms with Gasteiger partial charge in [-0.3, -0.25) is 9.59 Å². The van der Waals surface area contributed by atoms with Gasteiger partial charge < -0.3 is 9.84 Å². The lowest BCUT2D eigenvalue weighted by Gasteiger charge is -2.05. The Labute approximate surface area is 74.8 Å². The minimum absolute atomic E-state index is 0.0995. The summed E-state index contributed by atoms with van der Waals surface area (Å²) in [6, 6.07) is 2.50. The van der Waals surface area contributed by atoms with E-state index in [0.29, 0.717) is 12.6 Å². The van der Waals surface area contributed by atoms with Crippen molar-refractivity contribution in [1.82, 2.24) is 0 Å². The van der Waals surface area contributed by atoms with Crippen LogP contribution >= 0.6 is 0 Å². The average Bonchev–Trinajstić information content (AvgIpc) is 2.17. The highest BCUT2D eigenvalue weighted by Crippen LogP contribution is 2.25. The molecule has 0 saturated carbocycles.